The first-order chi connectivity index (χ1) is 15.4. The van der Waals surface area contributed by atoms with Crippen LogP contribution in [-0.2, 0) is 16.8 Å². The fourth-order valence-electron chi connectivity index (χ4n) is 3.77. The highest BCUT2D eigenvalue weighted by Gasteiger charge is 2.23. The van der Waals surface area contributed by atoms with Gasteiger partial charge in [0, 0.05) is 18.5 Å². The molecule has 1 saturated heterocycles. The van der Waals surface area contributed by atoms with Crippen molar-refractivity contribution >= 4 is 5.91 Å². The van der Waals surface area contributed by atoms with Gasteiger partial charge in [0.15, 0.2) is 0 Å². The van der Waals surface area contributed by atoms with Crippen LogP contribution in [0.2, 0.25) is 0 Å². The second kappa shape index (κ2) is 9.49. The number of ether oxygens (including phenoxy) is 2. The summed E-state index contributed by atoms with van der Waals surface area (Å²) in [7, 11) is 0. The Hall–Kier alpha value is -3.25. The zero-order valence-corrected chi connectivity index (χ0v) is 18.9. The maximum Gasteiger partial charge on any atom is 0.274 e. The third-order valence-electron chi connectivity index (χ3n) is 5.94. The summed E-state index contributed by atoms with van der Waals surface area (Å²) in [6, 6.07) is 16.8. The van der Waals surface area contributed by atoms with Crippen LogP contribution in [0.4, 0.5) is 0 Å². The Morgan fingerprint density at radius 1 is 1.00 bits per heavy atom. The van der Waals surface area contributed by atoms with E-state index in [0.717, 1.165) is 5.75 Å². The van der Waals surface area contributed by atoms with E-state index in [9.17, 15) is 4.79 Å². The van der Waals surface area contributed by atoms with Gasteiger partial charge in [-0.15, -0.1) is 0 Å². The van der Waals surface area contributed by atoms with E-state index in [1.54, 1.807) is 11.1 Å². The van der Waals surface area contributed by atoms with Crippen molar-refractivity contribution in [2.24, 2.45) is 0 Å². The van der Waals surface area contributed by atoms with Crippen molar-refractivity contribution in [3.63, 3.8) is 0 Å². The number of aryl methyl sites for hydroxylation is 1. The molecular formula is C26H29N3O3. The Balaban J connectivity index is 1.40. The van der Waals surface area contributed by atoms with Crippen LogP contribution in [0.15, 0.2) is 60.9 Å². The van der Waals surface area contributed by atoms with E-state index >= 15 is 0 Å². The fraction of sp³-hybridized carbons (Fsp3) is 0.346. The molecule has 2 heterocycles. The molecule has 0 aliphatic carbocycles. The van der Waals surface area contributed by atoms with Gasteiger partial charge >= 0.3 is 0 Å². The lowest BCUT2D eigenvalue weighted by Crippen LogP contribution is -2.41. The van der Waals surface area contributed by atoms with Gasteiger partial charge in [0.05, 0.1) is 31.3 Å². The SMILES string of the molecule is Cc1ccc(C(C)(C)c2ccc(OCc3cncc(C(=O)N4CCOCC4)n3)cc2)cc1. The lowest BCUT2D eigenvalue weighted by molar-refractivity contribution is 0.0298. The molecule has 0 saturated carbocycles. The molecule has 6 heteroatoms. The molecule has 6 nitrogen and oxygen atoms in total. The lowest BCUT2D eigenvalue weighted by Gasteiger charge is -2.26. The zero-order chi connectivity index (χ0) is 22.6. The third-order valence-corrected chi connectivity index (χ3v) is 5.94. The molecule has 0 radical (unpaired) electrons. The van der Waals surface area contributed by atoms with Crippen molar-refractivity contribution < 1.29 is 14.3 Å². The van der Waals surface area contributed by atoms with Gasteiger partial charge in [0.1, 0.15) is 18.1 Å². The average Bonchev–Trinajstić information content (AvgIpc) is 2.83. The van der Waals surface area contributed by atoms with Crippen LogP contribution in [0, 0.1) is 6.92 Å². The van der Waals surface area contributed by atoms with Crippen LogP contribution < -0.4 is 4.74 Å². The monoisotopic (exact) mass is 431 g/mol. The molecule has 0 spiro atoms. The first kappa shape index (κ1) is 22.0. The quantitative estimate of drug-likeness (QED) is 0.586. The minimum absolute atomic E-state index is 0.105. The molecule has 1 fully saturated rings. The van der Waals surface area contributed by atoms with Crippen LogP contribution in [0.25, 0.3) is 0 Å². The van der Waals surface area contributed by atoms with Gasteiger partial charge in [-0.1, -0.05) is 55.8 Å². The van der Waals surface area contributed by atoms with Gasteiger partial charge in [-0.2, -0.15) is 0 Å². The van der Waals surface area contributed by atoms with Crippen molar-refractivity contribution in [2.75, 3.05) is 26.3 Å². The number of carbonyl (C=O) groups excluding carboxylic acids is 1. The minimum atomic E-state index is -0.120. The number of hydrogen-bond donors (Lipinski definition) is 0. The van der Waals surface area contributed by atoms with E-state index < -0.39 is 0 Å². The highest BCUT2D eigenvalue weighted by Crippen LogP contribution is 2.32. The summed E-state index contributed by atoms with van der Waals surface area (Å²) in [6.45, 7) is 9.05. The Kier molecular flexibility index (Phi) is 6.51. The Morgan fingerprint density at radius 3 is 2.28 bits per heavy atom. The summed E-state index contributed by atoms with van der Waals surface area (Å²) < 4.78 is 11.2. The van der Waals surface area contributed by atoms with Crippen molar-refractivity contribution in [1.82, 2.24) is 14.9 Å². The number of amides is 1. The molecule has 2 aromatic carbocycles. The van der Waals surface area contributed by atoms with E-state index in [1.807, 2.05) is 12.1 Å². The molecule has 0 N–H and O–H groups in total. The van der Waals surface area contributed by atoms with E-state index in [2.05, 4.69) is 67.1 Å². The second-order valence-corrected chi connectivity index (χ2v) is 8.60. The first-order valence-electron chi connectivity index (χ1n) is 10.9. The summed E-state index contributed by atoms with van der Waals surface area (Å²) in [5.41, 5.74) is 4.59. The predicted octanol–water partition coefficient (Wildman–Crippen LogP) is 4.16. The standard InChI is InChI=1S/C26H29N3O3/c1-19-4-6-20(7-5-19)26(2,3)21-8-10-23(11-9-21)32-18-22-16-27-17-24(28-22)25(30)29-12-14-31-15-13-29/h4-11,16-17H,12-15,18H2,1-3H3. The molecule has 1 aromatic heterocycles. The van der Waals surface area contributed by atoms with Crippen molar-refractivity contribution in [2.45, 2.75) is 32.8 Å². The topological polar surface area (TPSA) is 64.5 Å². The average molecular weight is 432 g/mol. The minimum Gasteiger partial charge on any atom is -0.487 e. The van der Waals surface area contributed by atoms with E-state index in [-0.39, 0.29) is 17.9 Å². The Labute approximate surface area is 189 Å². The van der Waals surface area contributed by atoms with Crippen LogP contribution >= 0.6 is 0 Å². The van der Waals surface area contributed by atoms with Gasteiger partial charge < -0.3 is 14.4 Å². The molecule has 4 rings (SSSR count). The second-order valence-electron chi connectivity index (χ2n) is 8.60. The Morgan fingerprint density at radius 2 is 1.62 bits per heavy atom. The summed E-state index contributed by atoms with van der Waals surface area (Å²) >= 11 is 0. The van der Waals surface area contributed by atoms with E-state index in [1.165, 1.54) is 22.9 Å². The molecule has 1 aliphatic rings. The number of rotatable bonds is 6. The smallest absolute Gasteiger partial charge is 0.274 e. The number of morpholine rings is 1. The summed E-state index contributed by atoms with van der Waals surface area (Å²) in [5, 5.41) is 0. The van der Waals surface area contributed by atoms with Crippen LogP contribution in [0.3, 0.4) is 0 Å². The summed E-state index contributed by atoms with van der Waals surface area (Å²) in [6.07, 6.45) is 3.13. The number of aromatic nitrogens is 2. The molecule has 0 atom stereocenters. The maximum absolute atomic E-state index is 12.6. The predicted molar refractivity (Wildman–Crippen MR) is 123 cm³/mol. The highest BCUT2D eigenvalue weighted by atomic mass is 16.5. The molecule has 32 heavy (non-hydrogen) atoms. The first-order valence-corrected chi connectivity index (χ1v) is 10.9. The summed E-state index contributed by atoms with van der Waals surface area (Å²) in [4.78, 5) is 23.0. The molecule has 0 bridgehead atoms. The largest absolute Gasteiger partial charge is 0.487 e. The van der Waals surface area contributed by atoms with Crippen molar-refractivity contribution in [3.05, 3.63) is 89.0 Å². The number of benzene rings is 2. The molecular weight excluding hydrogens is 402 g/mol. The van der Waals surface area contributed by atoms with Crippen molar-refractivity contribution in [3.8, 4) is 5.75 Å². The van der Waals surface area contributed by atoms with Gasteiger partial charge in [-0.05, 0) is 30.2 Å². The van der Waals surface area contributed by atoms with Gasteiger partial charge in [0.25, 0.3) is 5.91 Å². The third kappa shape index (κ3) is 4.97. The van der Waals surface area contributed by atoms with E-state index in [4.69, 9.17) is 9.47 Å². The summed E-state index contributed by atoms with van der Waals surface area (Å²) in [5.74, 6) is 0.630. The molecule has 166 valence electrons. The van der Waals surface area contributed by atoms with Crippen LogP contribution in [0.5, 0.6) is 5.75 Å². The highest BCUT2D eigenvalue weighted by molar-refractivity contribution is 5.92. The van der Waals surface area contributed by atoms with Crippen molar-refractivity contribution in [1.29, 1.82) is 0 Å². The number of carbonyl (C=O) groups is 1. The zero-order valence-electron chi connectivity index (χ0n) is 18.9. The fourth-order valence-corrected chi connectivity index (χ4v) is 3.77. The number of hydrogen-bond acceptors (Lipinski definition) is 5. The van der Waals surface area contributed by atoms with Crippen LogP contribution in [0.1, 0.15) is 46.7 Å². The van der Waals surface area contributed by atoms with Crippen LogP contribution in [-0.4, -0.2) is 47.1 Å². The molecule has 1 aliphatic heterocycles. The Bertz CT molecular complexity index is 1060. The molecule has 3 aromatic rings. The normalized spacial score (nSPS) is 14.3. The van der Waals surface area contributed by atoms with Gasteiger partial charge in [-0.3, -0.25) is 9.78 Å². The lowest BCUT2D eigenvalue weighted by atomic mass is 9.78. The van der Waals surface area contributed by atoms with E-state index in [0.29, 0.717) is 37.7 Å². The molecule has 0 unspecified atom stereocenters. The number of nitrogens with zero attached hydrogens (tertiary/aromatic N) is 3. The van der Waals surface area contributed by atoms with Gasteiger partial charge in [-0.25, -0.2) is 4.98 Å². The van der Waals surface area contributed by atoms with Gasteiger partial charge in [0.2, 0.25) is 0 Å². The maximum atomic E-state index is 12.6. The molecule has 1 amide bonds.